The van der Waals surface area contributed by atoms with Gasteiger partial charge in [0.05, 0.1) is 35.1 Å². The summed E-state index contributed by atoms with van der Waals surface area (Å²) < 4.78 is 22.7. The maximum atomic E-state index is 12.4. The molecule has 39 heavy (non-hydrogen) atoms. The van der Waals surface area contributed by atoms with Crippen LogP contribution in [0, 0.1) is 15.9 Å². The van der Waals surface area contributed by atoms with Crippen LogP contribution >= 0.6 is 22.6 Å². The lowest BCUT2D eigenvalue weighted by Crippen LogP contribution is -2.45. The van der Waals surface area contributed by atoms with Gasteiger partial charge in [-0.2, -0.15) is 5.10 Å². The number of nitrogens with zero attached hydrogens (tertiary/aromatic N) is 1. The molecule has 2 atom stereocenters. The minimum atomic E-state index is -1.12. The fraction of sp³-hybridized carbons (Fsp3) is 0.296. The first-order valence-corrected chi connectivity index (χ1v) is 12.9. The van der Waals surface area contributed by atoms with Gasteiger partial charge in [-0.05, 0) is 77.9 Å². The molecule has 3 rings (SSSR count). The molecule has 0 saturated heterocycles. The van der Waals surface area contributed by atoms with Crippen LogP contribution in [-0.4, -0.2) is 56.5 Å². The number of methoxy groups -OCH3 is 1. The Morgan fingerprint density at radius 1 is 1.23 bits per heavy atom. The molecule has 0 bridgehead atoms. The van der Waals surface area contributed by atoms with Gasteiger partial charge in [-0.15, -0.1) is 6.42 Å². The third-order valence-corrected chi connectivity index (χ3v) is 6.22. The first-order chi connectivity index (χ1) is 18.8. The van der Waals surface area contributed by atoms with Gasteiger partial charge in [-0.25, -0.2) is 9.59 Å². The second kappa shape index (κ2) is 14.3. The molecular formula is C27H29IN4O7. The molecule has 2 aromatic carbocycles. The molecule has 0 spiro atoms. The van der Waals surface area contributed by atoms with Crippen molar-refractivity contribution in [3.8, 4) is 29.6 Å². The average Bonchev–Trinajstić information content (AvgIpc) is 2.91. The molecule has 12 heteroatoms. The monoisotopic (exact) mass is 648 g/mol. The molecule has 1 aliphatic rings. The van der Waals surface area contributed by atoms with E-state index >= 15 is 0 Å². The van der Waals surface area contributed by atoms with Crippen molar-refractivity contribution in [1.82, 2.24) is 16.1 Å². The second-order valence-corrected chi connectivity index (χ2v) is 9.26. The van der Waals surface area contributed by atoms with Crippen molar-refractivity contribution < 1.29 is 33.6 Å². The van der Waals surface area contributed by atoms with Crippen molar-refractivity contribution in [2.24, 2.45) is 5.10 Å². The number of urea groups is 1. The molecule has 1 heterocycles. The van der Waals surface area contributed by atoms with Gasteiger partial charge in [0.15, 0.2) is 17.7 Å². The summed E-state index contributed by atoms with van der Waals surface area (Å²) in [6, 6.07) is 9.28. The van der Waals surface area contributed by atoms with Gasteiger partial charge in [-0.1, -0.05) is 12.0 Å². The largest absolute Gasteiger partial charge is 0.490 e. The summed E-state index contributed by atoms with van der Waals surface area (Å²) in [5.41, 5.74) is 4.66. The molecule has 4 N–H and O–H groups in total. The smallest absolute Gasteiger partial charge is 0.337 e. The van der Waals surface area contributed by atoms with Crippen LogP contribution in [0.4, 0.5) is 4.79 Å². The third kappa shape index (κ3) is 8.01. The van der Waals surface area contributed by atoms with Crippen LogP contribution in [0.25, 0.3) is 0 Å². The lowest BCUT2D eigenvalue weighted by atomic mass is 9.95. The van der Waals surface area contributed by atoms with Gasteiger partial charge in [-0.3, -0.25) is 5.43 Å². The Hall–Kier alpha value is -3.96. The second-order valence-electron chi connectivity index (χ2n) is 8.10. The zero-order valence-corrected chi connectivity index (χ0v) is 23.8. The maximum Gasteiger partial charge on any atom is 0.337 e. The Kier molecular flexibility index (Phi) is 10.8. The first-order valence-electron chi connectivity index (χ1n) is 11.9. The molecule has 0 unspecified atom stereocenters. The minimum Gasteiger partial charge on any atom is -0.490 e. The van der Waals surface area contributed by atoms with Crippen molar-refractivity contribution >= 4 is 40.8 Å². The zero-order chi connectivity index (χ0) is 28.4. The predicted molar refractivity (Wildman–Crippen MR) is 152 cm³/mol. The number of benzene rings is 2. The highest BCUT2D eigenvalue weighted by molar-refractivity contribution is 14.1. The molecule has 0 aliphatic carbocycles. The third-order valence-electron chi connectivity index (χ3n) is 5.38. The number of amides is 2. The highest BCUT2D eigenvalue weighted by atomic mass is 127. The van der Waals surface area contributed by atoms with Crippen molar-refractivity contribution in [3.05, 3.63) is 62.4 Å². The van der Waals surface area contributed by atoms with E-state index in [1.807, 2.05) is 19.1 Å². The number of rotatable bonds is 12. The number of hydrogen-bond donors (Lipinski definition) is 4. The van der Waals surface area contributed by atoms with Crippen LogP contribution in [0.3, 0.4) is 0 Å². The van der Waals surface area contributed by atoms with E-state index in [9.17, 15) is 14.7 Å². The number of allylic oxidation sites excluding steroid dienone is 1. The summed E-state index contributed by atoms with van der Waals surface area (Å²) in [6.45, 7) is 3.83. The van der Waals surface area contributed by atoms with E-state index in [0.717, 1.165) is 9.13 Å². The summed E-state index contributed by atoms with van der Waals surface area (Å²) in [7, 11) is 1.27. The highest BCUT2D eigenvalue weighted by Crippen LogP contribution is 2.35. The Balaban J connectivity index is 1.66. The van der Waals surface area contributed by atoms with Gasteiger partial charge in [0.2, 0.25) is 0 Å². The Bertz CT molecular complexity index is 1310. The van der Waals surface area contributed by atoms with E-state index in [4.69, 9.17) is 25.4 Å². The zero-order valence-electron chi connectivity index (χ0n) is 21.6. The summed E-state index contributed by atoms with van der Waals surface area (Å²) in [4.78, 5) is 24.5. The number of ether oxygens (including phenoxy) is 4. The van der Waals surface area contributed by atoms with Crippen molar-refractivity contribution in [1.29, 1.82) is 0 Å². The van der Waals surface area contributed by atoms with E-state index in [-0.39, 0.29) is 18.8 Å². The van der Waals surface area contributed by atoms with E-state index < -0.39 is 24.3 Å². The average molecular weight is 648 g/mol. The fourth-order valence-corrected chi connectivity index (χ4v) is 4.35. The van der Waals surface area contributed by atoms with Gasteiger partial charge in [0.1, 0.15) is 19.0 Å². The van der Waals surface area contributed by atoms with E-state index in [0.29, 0.717) is 35.1 Å². The highest BCUT2D eigenvalue weighted by Gasteiger charge is 2.32. The number of hydrogen-bond acceptors (Lipinski definition) is 9. The predicted octanol–water partition coefficient (Wildman–Crippen LogP) is 2.82. The summed E-state index contributed by atoms with van der Waals surface area (Å²) >= 11 is 2.14. The normalized spacial score (nSPS) is 15.6. The van der Waals surface area contributed by atoms with Crippen molar-refractivity contribution in [2.75, 3.05) is 26.9 Å². The molecule has 0 radical (unpaired) electrons. The Morgan fingerprint density at radius 2 is 2.00 bits per heavy atom. The topological polar surface area (TPSA) is 140 Å². The molecular weight excluding hydrogens is 619 g/mol. The van der Waals surface area contributed by atoms with Crippen LogP contribution in [0.2, 0.25) is 0 Å². The van der Waals surface area contributed by atoms with E-state index in [1.165, 1.54) is 7.11 Å². The van der Waals surface area contributed by atoms with Crippen LogP contribution in [0.5, 0.6) is 17.2 Å². The molecule has 1 aliphatic heterocycles. The number of aliphatic hydroxyl groups is 1. The van der Waals surface area contributed by atoms with Gasteiger partial charge < -0.3 is 34.7 Å². The van der Waals surface area contributed by atoms with Crippen LogP contribution < -0.4 is 30.3 Å². The van der Waals surface area contributed by atoms with Crippen LogP contribution in [0.1, 0.15) is 31.0 Å². The molecule has 0 saturated carbocycles. The summed E-state index contributed by atoms with van der Waals surface area (Å²) in [5.74, 6) is 3.27. The number of hydrazone groups is 1. The number of halogens is 1. The quantitative estimate of drug-likeness (QED) is 0.0689. The number of aliphatic hydroxyl groups excluding tert-OH is 1. The number of esters is 1. The summed E-state index contributed by atoms with van der Waals surface area (Å²) in [5, 5.41) is 19.7. The van der Waals surface area contributed by atoms with Crippen LogP contribution in [-0.2, 0) is 9.53 Å². The molecule has 206 valence electrons. The lowest BCUT2D eigenvalue weighted by molar-refractivity contribution is -0.136. The Labute approximate surface area is 240 Å². The van der Waals surface area contributed by atoms with Crippen molar-refractivity contribution in [3.63, 3.8) is 0 Å². The number of terminal acetylenes is 1. The van der Waals surface area contributed by atoms with Crippen molar-refractivity contribution in [2.45, 2.75) is 26.1 Å². The Morgan fingerprint density at radius 3 is 2.69 bits per heavy atom. The summed E-state index contributed by atoms with van der Waals surface area (Å²) in [6.07, 6.45) is 5.66. The van der Waals surface area contributed by atoms with E-state index in [2.05, 4.69) is 49.7 Å². The SMILES string of the molecule is C#CCOc1ccc(/C=N\N[C@H](O)COc2ccc([C@@H]3NC(=O)NC(C)=C3C(=O)OC)cc2OCC)cc1I. The molecule has 2 amide bonds. The number of carbonyl (C=O) groups is 2. The number of nitrogens with one attached hydrogen (secondary N) is 3. The van der Waals surface area contributed by atoms with E-state index in [1.54, 1.807) is 37.4 Å². The standard InChI is InChI=1S/C27H29IN4O7/c1-5-11-38-20-9-7-17(12-19(20)28)14-29-32-23(33)15-39-21-10-8-18(13-22(21)37-6-2)25-24(26(34)36-4)16(3)30-27(35)31-25/h1,7-10,12-14,23,25,32-33H,6,11,15H2,2-4H3,(H2,30,31,35)/b29-14-/t23-,25+/m1/s1. The minimum absolute atomic E-state index is 0.135. The maximum absolute atomic E-state index is 12.4. The first kappa shape index (κ1) is 29.6. The molecule has 11 nitrogen and oxygen atoms in total. The van der Waals surface area contributed by atoms with Gasteiger partial charge in [0, 0.05) is 5.70 Å². The fourth-order valence-electron chi connectivity index (χ4n) is 3.65. The molecule has 2 aromatic rings. The van der Waals surface area contributed by atoms with Gasteiger partial charge >= 0.3 is 12.0 Å². The van der Waals surface area contributed by atoms with Gasteiger partial charge in [0.25, 0.3) is 0 Å². The van der Waals surface area contributed by atoms with Crippen LogP contribution in [0.15, 0.2) is 52.8 Å². The lowest BCUT2D eigenvalue weighted by Gasteiger charge is -2.28. The molecule has 0 aromatic heterocycles. The number of carbonyl (C=O) groups excluding carboxylic acids is 2. The molecule has 0 fully saturated rings.